The highest BCUT2D eigenvalue weighted by atomic mass is 35.5. The topological polar surface area (TPSA) is 95.7 Å². The van der Waals surface area contributed by atoms with Crippen LogP contribution in [-0.4, -0.2) is 47.6 Å². The Hall–Kier alpha value is -3.14. The summed E-state index contributed by atoms with van der Waals surface area (Å²) in [4.78, 5) is 28.5. The minimum absolute atomic E-state index is 0.0292. The van der Waals surface area contributed by atoms with Crippen LogP contribution in [0.4, 0.5) is 13.2 Å². The Bertz CT molecular complexity index is 1280. The normalized spacial score (nSPS) is 18.3. The number of hydrogen-bond acceptors (Lipinski definition) is 4. The zero-order chi connectivity index (χ0) is 30.9. The van der Waals surface area contributed by atoms with Crippen LogP contribution in [0.15, 0.2) is 72.3 Å². The van der Waals surface area contributed by atoms with E-state index in [0.29, 0.717) is 24.2 Å². The van der Waals surface area contributed by atoms with Gasteiger partial charge in [-0.3, -0.25) is 9.59 Å². The molecule has 0 aromatic heterocycles. The van der Waals surface area contributed by atoms with E-state index >= 15 is 0 Å². The summed E-state index contributed by atoms with van der Waals surface area (Å²) in [6, 6.07) is 13.0. The molecule has 2 aromatic carbocycles. The molecular formula is C32H39ClF3N3O3. The molecule has 228 valence electrons. The Morgan fingerprint density at radius 3 is 2.36 bits per heavy atom. The van der Waals surface area contributed by atoms with Gasteiger partial charge in [-0.05, 0) is 48.9 Å². The van der Waals surface area contributed by atoms with Gasteiger partial charge in [0.2, 0.25) is 11.8 Å². The second-order valence-corrected chi connectivity index (χ2v) is 11.1. The molecule has 2 amide bonds. The van der Waals surface area contributed by atoms with E-state index in [-0.39, 0.29) is 31.8 Å². The SMILES string of the molecule is CCCN(CCC)C(=O)C1=CC=CC(C(N)=O)([C@H](Cc2ccccc2)[C@@H](O)CNCc2ccc(Cl)c(C(F)(F)F)c2)C1. The van der Waals surface area contributed by atoms with Crippen molar-refractivity contribution in [3.63, 3.8) is 0 Å². The number of alkyl halides is 3. The summed E-state index contributed by atoms with van der Waals surface area (Å²) >= 11 is 5.74. The number of allylic oxidation sites excluding steroid dienone is 2. The number of hydrogen-bond donors (Lipinski definition) is 3. The maximum absolute atomic E-state index is 13.5. The Kier molecular flexibility index (Phi) is 11.8. The number of aliphatic hydroxyl groups is 1. The number of amides is 2. The average Bonchev–Trinajstić information content (AvgIpc) is 2.96. The lowest BCUT2D eigenvalue weighted by Gasteiger charge is -2.41. The van der Waals surface area contributed by atoms with Gasteiger partial charge in [0.25, 0.3) is 0 Å². The van der Waals surface area contributed by atoms with E-state index in [9.17, 15) is 27.9 Å². The first-order valence-corrected chi connectivity index (χ1v) is 14.6. The molecule has 3 atom stereocenters. The van der Waals surface area contributed by atoms with Gasteiger partial charge in [-0.15, -0.1) is 0 Å². The van der Waals surface area contributed by atoms with E-state index in [2.05, 4.69) is 5.32 Å². The van der Waals surface area contributed by atoms with Crippen molar-refractivity contribution in [2.45, 2.75) is 58.4 Å². The third-order valence-electron chi connectivity index (χ3n) is 7.63. The molecule has 1 aliphatic rings. The Morgan fingerprint density at radius 2 is 1.76 bits per heavy atom. The third-order valence-corrected chi connectivity index (χ3v) is 7.95. The molecule has 10 heteroatoms. The van der Waals surface area contributed by atoms with Crippen LogP contribution in [0, 0.1) is 11.3 Å². The third kappa shape index (κ3) is 8.24. The molecule has 1 aliphatic carbocycles. The largest absolute Gasteiger partial charge is 0.417 e. The Morgan fingerprint density at radius 1 is 1.10 bits per heavy atom. The summed E-state index contributed by atoms with van der Waals surface area (Å²) in [5.74, 6) is -1.57. The van der Waals surface area contributed by atoms with Crippen molar-refractivity contribution in [1.82, 2.24) is 10.2 Å². The summed E-state index contributed by atoms with van der Waals surface area (Å²) in [5, 5.41) is 14.2. The molecule has 2 aromatic rings. The molecule has 42 heavy (non-hydrogen) atoms. The van der Waals surface area contributed by atoms with Gasteiger partial charge >= 0.3 is 6.18 Å². The van der Waals surface area contributed by atoms with Crippen LogP contribution in [-0.2, 0) is 28.7 Å². The zero-order valence-electron chi connectivity index (χ0n) is 24.0. The van der Waals surface area contributed by atoms with Gasteiger partial charge in [0, 0.05) is 37.7 Å². The van der Waals surface area contributed by atoms with Crippen LogP contribution in [0.2, 0.25) is 5.02 Å². The number of halogens is 4. The van der Waals surface area contributed by atoms with Crippen LogP contribution in [0.3, 0.4) is 0 Å². The van der Waals surface area contributed by atoms with E-state index in [1.54, 1.807) is 23.1 Å². The van der Waals surface area contributed by atoms with E-state index < -0.39 is 40.1 Å². The molecule has 0 fully saturated rings. The molecular weight excluding hydrogens is 567 g/mol. The number of rotatable bonds is 14. The first-order valence-electron chi connectivity index (χ1n) is 14.2. The van der Waals surface area contributed by atoms with Crippen LogP contribution >= 0.6 is 11.6 Å². The minimum atomic E-state index is -4.60. The highest BCUT2D eigenvalue weighted by Crippen LogP contribution is 2.43. The van der Waals surface area contributed by atoms with E-state index in [1.807, 2.05) is 44.2 Å². The van der Waals surface area contributed by atoms with Gasteiger partial charge < -0.3 is 21.1 Å². The first kappa shape index (κ1) is 33.4. The Balaban J connectivity index is 1.88. The lowest BCUT2D eigenvalue weighted by molar-refractivity contribution is -0.137. The quantitative estimate of drug-likeness (QED) is 0.258. The molecule has 0 heterocycles. The number of benzene rings is 2. The second kappa shape index (κ2) is 14.8. The number of nitrogens with two attached hydrogens (primary N) is 1. The standard InChI is InChI=1S/C32H39ClF3N3O3/c1-3-15-39(16-4-2)29(41)24-11-8-14-31(19-24,30(37)42)26(17-22-9-6-5-7-10-22)28(40)21-38-20-23-12-13-27(33)25(18-23)32(34,35)36/h5-14,18,26,28,38,40H,3-4,15-17,19-21H2,1-2H3,(H2,37,42)/t26-,28+,31?/m1/s1. The monoisotopic (exact) mass is 605 g/mol. The van der Waals surface area contributed by atoms with Crippen LogP contribution in [0.1, 0.15) is 49.8 Å². The summed E-state index contributed by atoms with van der Waals surface area (Å²) in [5.41, 5.74) is 5.39. The molecule has 1 unspecified atom stereocenters. The number of carbonyl (C=O) groups excluding carboxylic acids is 2. The Labute approximate surface area is 250 Å². The summed E-state index contributed by atoms with van der Waals surface area (Å²) in [6.07, 6.45) is 1.18. The summed E-state index contributed by atoms with van der Waals surface area (Å²) < 4.78 is 39.9. The van der Waals surface area contributed by atoms with Crippen molar-refractivity contribution in [3.05, 3.63) is 94.0 Å². The molecule has 0 bridgehead atoms. The van der Waals surface area contributed by atoms with E-state index in [0.717, 1.165) is 24.5 Å². The first-order chi connectivity index (χ1) is 19.9. The number of carbonyl (C=O) groups is 2. The predicted octanol–water partition coefficient (Wildman–Crippen LogP) is 5.67. The van der Waals surface area contributed by atoms with Crippen LogP contribution in [0.5, 0.6) is 0 Å². The van der Waals surface area contributed by atoms with Gasteiger partial charge in [0.05, 0.1) is 22.1 Å². The van der Waals surface area contributed by atoms with Crippen molar-refractivity contribution in [2.24, 2.45) is 17.1 Å². The smallest absolute Gasteiger partial charge is 0.391 e. The highest BCUT2D eigenvalue weighted by Gasteiger charge is 2.47. The number of primary amides is 1. The van der Waals surface area contributed by atoms with E-state index in [1.165, 1.54) is 12.1 Å². The molecule has 0 aliphatic heterocycles. The highest BCUT2D eigenvalue weighted by molar-refractivity contribution is 6.31. The van der Waals surface area contributed by atoms with Crippen molar-refractivity contribution >= 4 is 23.4 Å². The number of aliphatic hydroxyl groups excluding tert-OH is 1. The number of nitrogens with zero attached hydrogens (tertiary/aromatic N) is 1. The molecule has 3 rings (SSSR count). The fourth-order valence-corrected chi connectivity index (χ4v) is 5.74. The van der Waals surface area contributed by atoms with Crippen molar-refractivity contribution in [2.75, 3.05) is 19.6 Å². The van der Waals surface area contributed by atoms with E-state index in [4.69, 9.17) is 17.3 Å². The lowest BCUT2D eigenvalue weighted by Crippen LogP contribution is -2.51. The maximum Gasteiger partial charge on any atom is 0.417 e. The van der Waals surface area contributed by atoms with Gasteiger partial charge in [0.15, 0.2) is 0 Å². The molecule has 6 nitrogen and oxygen atoms in total. The molecule has 0 saturated heterocycles. The molecule has 0 spiro atoms. The van der Waals surface area contributed by atoms with Gasteiger partial charge in [-0.1, -0.05) is 80.1 Å². The lowest BCUT2D eigenvalue weighted by atomic mass is 9.64. The van der Waals surface area contributed by atoms with Crippen LogP contribution < -0.4 is 11.1 Å². The number of nitrogens with one attached hydrogen (secondary N) is 1. The van der Waals surface area contributed by atoms with Crippen molar-refractivity contribution in [3.8, 4) is 0 Å². The summed E-state index contributed by atoms with van der Waals surface area (Å²) in [6.45, 7) is 5.14. The van der Waals surface area contributed by atoms with Crippen molar-refractivity contribution < 1.29 is 27.9 Å². The maximum atomic E-state index is 13.5. The van der Waals surface area contributed by atoms with Gasteiger partial charge in [-0.25, -0.2) is 0 Å². The average molecular weight is 606 g/mol. The minimum Gasteiger partial charge on any atom is -0.391 e. The summed E-state index contributed by atoms with van der Waals surface area (Å²) in [7, 11) is 0. The fourth-order valence-electron chi connectivity index (χ4n) is 5.52. The molecule has 0 saturated carbocycles. The molecule has 0 radical (unpaired) electrons. The predicted molar refractivity (Wildman–Crippen MR) is 158 cm³/mol. The van der Waals surface area contributed by atoms with Gasteiger partial charge in [0.1, 0.15) is 0 Å². The zero-order valence-corrected chi connectivity index (χ0v) is 24.7. The van der Waals surface area contributed by atoms with Gasteiger partial charge in [-0.2, -0.15) is 13.2 Å². The second-order valence-electron chi connectivity index (χ2n) is 10.7. The van der Waals surface area contributed by atoms with Crippen molar-refractivity contribution in [1.29, 1.82) is 0 Å². The molecule has 4 N–H and O–H groups in total. The van der Waals surface area contributed by atoms with Crippen LogP contribution in [0.25, 0.3) is 0 Å². The fraction of sp³-hybridized carbons (Fsp3) is 0.438.